The first-order valence-corrected chi connectivity index (χ1v) is 12.4. The van der Waals surface area contributed by atoms with Gasteiger partial charge in [-0.1, -0.05) is 30.3 Å². The molecule has 0 aromatic heterocycles. The molecule has 0 unspecified atom stereocenters. The van der Waals surface area contributed by atoms with Gasteiger partial charge in [-0.25, -0.2) is 9.59 Å². The Morgan fingerprint density at radius 1 is 0.970 bits per heavy atom. The third-order valence-electron chi connectivity index (χ3n) is 6.52. The third kappa shape index (κ3) is 9.24. The van der Waals surface area contributed by atoms with Crippen LogP contribution in [0.25, 0.3) is 0 Å². The van der Waals surface area contributed by atoms with E-state index in [9.17, 15) is 9.59 Å². The minimum Gasteiger partial charge on any atom is -0.445 e. The summed E-state index contributed by atoms with van der Waals surface area (Å²) in [6, 6.07) is 9.82. The van der Waals surface area contributed by atoms with Gasteiger partial charge >= 0.3 is 12.2 Å². The van der Waals surface area contributed by atoms with Crippen molar-refractivity contribution in [3.05, 3.63) is 35.9 Å². The molecule has 2 aliphatic rings. The first-order valence-electron chi connectivity index (χ1n) is 12.4. The highest BCUT2D eigenvalue weighted by atomic mass is 16.6. The van der Waals surface area contributed by atoms with E-state index in [0.29, 0.717) is 25.0 Å². The Kier molecular flexibility index (Phi) is 9.41. The van der Waals surface area contributed by atoms with E-state index < -0.39 is 5.60 Å². The van der Waals surface area contributed by atoms with Gasteiger partial charge in [0, 0.05) is 26.2 Å². The van der Waals surface area contributed by atoms with Gasteiger partial charge in [-0.3, -0.25) is 0 Å². The number of amides is 2. The maximum atomic E-state index is 12.4. The minimum absolute atomic E-state index is 0.196. The molecule has 7 nitrogen and oxygen atoms in total. The number of likely N-dealkylation sites (tertiary alicyclic amines) is 2. The van der Waals surface area contributed by atoms with Crippen molar-refractivity contribution in [1.82, 2.24) is 15.1 Å². The first-order chi connectivity index (χ1) is 15.8. The summed E-state index contributed by atoms with van der Waals surface area (Å²) in [6.07, 6.45) is 4.94. The molecule has 184 valence electrons. The summed E-state index contributed by atoms with van der Waals surface area (Å²) in [5.41, 5.74) is 0.568. The molecule has 2 fully saturated rings. The average molecular weight is 460 g/mol. The molecule has 1 aromatic rings. The highest BCUT2D eigenvalue weighted by Gasteiger charge is 2.27. The minimum atomic E-state index is -0.450. The summed E-state index contributed by atoms with van der Waals surface area (Å²) in [5, 5.41) is 2.88. The molecule has 1 N–H and O–H groups in total. The summed E-state index contributed by atoms with van der Waals surface area (Å²) in [5.74, 6) is 1.31. The van der Waals surface area contributed by atoms with Gasteiger partial charge in [-0.2, -0.15) is 0 Å². The summed E-state index contributed by atoms with van der Waals surface area (Å²) in [7, 11) is 0. The van der Waals surface area contributed by atoms with E-state index >= 15 is 0 Å². The van der Waals surface area contributed by atoms with Gasteiger partial charge in [0.05, 0.1) is 0 Å². The highest BCUT2D eigenvalue weighted by molar-refractivity contribution is 5.68. The van der Waals surface area contributed by atoms with Crippen LogP contribution in [-0.2, 0) is 16.1 Å². The van der Waals surface area contributed by atoms with E-state index in [1.54, 1.807) is 0 Å². The number of benzene rings is 1. The first kappa shape index (κ1) is 25.3. The number of rotatable bonds is 7. The van der Waals surface area contributed by atoms with Crippen LogP contribution in [0.1, 0.15) is 58.4 Å². The zero-order valence-corrected chi connectivity index (χ0v) is 20.6. The van der Waals surface area contributed by atoms with Crippen molar-refractivity contribution in [2.45, 2.75) is 65.1 Å². The predicted molar refractivity (Wildman–Crippen MR) is 129 cm³/mol. The van der Waals surface area contributed by atoms with Crippen LogP contribution >= 0.6 is 0 Å². The second kappa shape index (κ2) is 12.3. The fourth-order valence-corrected chi connectivity index (χ4v) is 4.62. The lowest BCUT2D eigenvalue weighted by Gasteiger charge is -2.37. The van der Waals surface area contributed by atoms with Crippen LogP contribution in [0.4, 0.5) is 9.59 Å². The van der Waals surface area contributed by atoms with Crippen molar-refractivity contribution in [3.63, 3.8) is 0 Å². The van der Waals surface area contributed by atoms with Crippen LogP contribution in [0.15, 0.2) is 30.3 Å². The van der Waals surface area contributed by atoms with Gasteiger partial charge < -0.3 is 24.6 Å². The lowest BCUT2D eigenvalue weighted by atomic mass is 9.91. The molecule has 0 atom stereocenters. The molecule has 3 rings (SSSR count). The van der Waals surface area contributed by atoms with E-state index in [1.807, 2.05) is 56.0 Å². The van der Waals surface area contributed by atoms with Crippen molar-refractivity contribution in [2.24, 2.45) is 11.8 Å². The lowest BCUT2D eigenvalue weighted by Crippen LogP contribution is -2.43. The number of ether oxygens (including phenoxy) is 2. The summed E-state index contributed by atoms with van der Waals surface area (Å²) in [6.45, 7) is 11.6. The zero-order valence-electron chi connectivity index (χ0n) is 20.6. The molecule has 33 heavy (non-hydrogen) atoms. The fraction of sp³-hybridized carbons (Fsp3) is 0.692. The number of alkyl carbamates (subject to hydrolysis) is 1. The Morgan fingerprint density at radius 3 is 2.24 bits per heavy atom. The SMILES string of the molecule is CC(C)(C)OC(=O)NCCC1CCN(CC2CCN(C(=O)OCc3ccccc3)CC2)CC1. The molecule has 0 saturated carbocycles. The third-order valence-corrected chi connectivity index (χ3v) is 6.52. The largest absolute Gasteiger partial charge is 0.445 e. The van der Waals surface area contributed by atoms with Gasteiger partial charge in [0.2, 0.25) is 0 Å². The molecule has 1 aromatic carbocycles. The van der Waals surface area contributed by atoms with Crippen molar-refractivity contribution in [2.75, 3.05) is 39.3 Å². The standard InChI is InChI=1S/C26H41N3O4/c1-26(2,3)33-24(30)27-14-9-21-10-15-28(16-11-21)19-22-12-17-29(18-13-22)25(31)32-20-23-7-5-4-6-8-23/h4-8,21-22H,9-20H2,1-3H3,(H,27,30). The molecule has 2 amide bonds. The van der Waals surface area contributed by atoms with Crippen molar-refractivity contribution >= 4 is 12.2 Å². The van der Waals surface area contributed by atoms with Gasteiger partial charge in [0.15, 0.2) is 0 Å². The van der Waals surface area contributed by atoms with Gasteiger partial charge in [0.25, 0.3) is 0 Å². The van der Waals surface area contributed by atoms with E-state index in [4.69, 9.17) is 9.47 Å². The van der Waals surface area contributed by atoms with Crippen LogP contribution in [-0.4, -0.2) is 66.9 Å². The summed E-state index contributed by atoms with van der Waals surface area (Å²) >= 11 is 0. The summed E-state index contributed by atoms with van der Waals surface area (Å²) in [4.78, 5) is 28.6. The molecule has 7 heteroatoms. The second-order valence-corrected chi connectivity index (χ2v) is 10.4. The molecule has 0 radical (unpaired) electrons. The highest BCUT2D eigenvalue weighted by Crippen LogP contribution is 2.24. The quantitative estimate of drug-likeness (QED) is 0.642. The Balaban J connectivity index is 1.26. The van der Waals surface area contributed by atoms with Crippen molar-refractivity contribution in [1.29, 1.82) is 0 Å². The molecular formula is C26H41N3O4. The Morgan fingerprint density at radius 2 is 1.61 bits per heavy atom. The Hall–Kier alpha value is -2.28. The predicted octanol–water partition coefficient (Wildman–Crippen LogP) is 4.66. The van der Waals surface area contributed by atoms with Crippen molar-refractivity contribution in [3.8, 4) is 0 Å². The molecule has 2 heterocycles. The normalized spacial score (nSPS) is 18.7. The number of piperidine rings is 2. The molecule has 0 bridgehead atoms. The molecule has 0 aliphatic carbocycles. The number of hydrogen-bond donors (Lipinski definition) is 1. The Labute approximate surface area is 198 Å². The monoisotopic (exact) mass is 459 g/mol. The Bertz CT molecular complexity index is 734. The fourth-order valence-electron chi connectivity index (χ4n) is 4.62. The number of carbonyl (C=O) groups excluding carboxylic acids is 2. The average Bonchev–Trinajstić information content (AvgIpc) is 2.79. The second-order valence-electron chi connectivity index (χ2n) is 10.4. The van der Waals surface area contributed by atoms with E-state index in [1.165, 1.54) is 12.8 Å². The topological polar surface area (TPSA) is 71.1 Å². The molecule has 2 aliphatic heterocycles. The van der Waals surface area contributed by atoms with E-state index in [0.717, 1.165) is 57.5 Å². The summed E-state index contributed by atoms with van der Waals surface area (Å²) < 4.78 is 10.8. The van der Waals surface area contributed by atoms with Crippen LogP contribution in [0, 0.1) is 11.8 Å². The molecular weight excluding hydrogens is 418 g/mol. The maximum Gasteiger partial charge on any atom is 0.410 e. The molecule has 0 spiro atoms. The number of hydrogen-bond acceptors (Lipinski definition) is 5. The number of nitrogens with one attached hydrogen (secondary N) is 1. The van der Waals surface area contributed by atoms with Gasteiger partial charge in [-0.05, 0) is 83.4 Å². The van der Waals surface area contributed by atoms with Crippen LogP contribution in [0.5, 0.6) is 0 Å². The van der Waals surface area contributed by atoms with Crippen molar-refractivity contribution < 1.29 is 19.1 Å². The molecule has 2 saturated heterocycles. The van der Waals surface area contributed by atoms with Gasteiger partial charge in [-0.15, -0.1) is 0 Å². The number of nitrogens with zero attached hydrogens (tertiary/aromatic N) is 2. The number of carbonyl (C=O) groups is 2. The smallest absolute Gasteiger partial charge is 0.410 e. The van der Waals surface area contributed by atoms with Crippen LogP contribution in [0.2, 0.25) is 0 Å². The maximum absolute atomic E-state index is 12.4. The van der Waals surface area contributed by atoms with Crippen LogP contribution in [0.3, 0.4) is 0 Å². The van der Waals surface area contributed by atoms with Crippen LogP contribution < -0.4 is 5.32 Å². The zero-order chi connectivity index (χ0) is 23.7. The van der Waals surface area contributed by atoms with E-state index in [2.05, 4.69) is 10.2 Å². The lowest BCUT2D eigenvalue weighted by molar-refractivity contribution is 0.0519. The van der Waals surface area contributed by atoms with Gasteiger partial charge in [0.1, 0.15) is 12.2 Å². The van der Waals surface area contributed by atoms with E-state index in [-0.39, 0.29) is 12.2 Å².